The van der Waals surface area contributed by atoms with E-state index in [1.54, 1.807) is 0 Å². The highest BCUT2D eigenvalue weighted by Crippen LogP contribution is 2.29. The molecule has 1 fully saturated rings. The summed E-state index contributed by atoms with van der Waals surface area (Å²) in [6.07, 6.45) is -6.70. The molecule has 1 aromatic rings. The molecule has 0 bridgehead atoms. The third kappa shape index (κ3) is 5.30. The van der Waals surface area contributed by atoms with E-state index in [9.17, 15) is 30.3 Å². The molecule has 0 aliphatic carbocycles. The van der Waals surface area contributed by atoms with Gasteiger partial charge in [-0.3, -0.25) is 0 Å². The average molecular weight is 386 g/mol. The number of phenolic OH excluding ortho intramolecular Hbond substituents is 1. The van der Waals surface area contributed by atoms with Crippen molar-refractivity contribution in [2.45, 2.75) is 51.0 Å². The topological polar surface area (TPSA) is 146 Å². The summed E-state index contributed by atoms with van der Waals surface area (Å²) in [6, 6.07) is 3.71. The Morgan fingerprint density at radius 3 is 2.52 bits per heavy atom. The summed E-state index contributed by atoms with van der Waals surface area (Å²) in [6.45, 7) is 3.54. The largest absolute Gasteiger partial charge is 0.508 e. The van der Waals surface area contributed by atoms with Crippen LogP contribution < -0.4 is 4.74 Å². The zero-order chi connectivity index (χ0) is 20.1. The lowest BCUT2D eigenvalue weighted by Crippen LogP contribution is -2.60. The molecule has 0 amide bonds. The van der Waals surface area contributed by atoms with Crippen molar-refractivity contribution in [3.63, 3.8) is 0 Å². The van der Waals surface area contributed by atoms with E-state index in [-0.39, 0.29) is 23.7 Å². The molecular formula is C18H26O9. The van der Waals surface area contributed by atoms with Gasteiger partial charge < -0.3 is 39.7 Å². The van der Waals surface area contributed by atoms with Crippen molar-refractivity contribution in [2.24, 2.45) is 5.92 Å². The van der Waals surface area contributed by atoms with Crippen LogP contribution in [-0.4, -0.2) is 75.4 Å². The second-order valence-corrected chi connectivity index (χ2v) is 6.81. The van der Waals surface area contributed by atoms with Gasteiger partial charge in [0.25, 0.3) is 0 Å². The molecule has 5 N–H and O–H groups in total. The number of phenols is 1. The summed E-state index contributed by atoms with van der Waals surface area (Å²) in [5.41, 5.74) is -0.0873. The van der Waals surface area contributed by atoms with Crippen LogP contribution in [0.1, 0.15) is 30.6 Å². The molecule has 2 rings (SSSR count). The van der Waals surface area contributed by atoms with Crippen LogP contribution in [-0.2, 0) is 9.47 Å². The maximum atomic E-state index is 12.3. The fraction of sp³-hybridized carbons (Fsp3) is 0.611. The average Bonchev–Trinajstić information content (AvgIpc) is 2.63. The molecule has 0 unspecified atom stereocenters. The summed E-state index contributed by atoms with van der Waals surface area (Å²) >= 11 is 0. The number of benzene rings is 1. The fourth-order valence-corrected chi connectivity index (χ4v) is 2.54. The number of carbonyl (C=O) groups is 1. The van der Waals surface area contributed by atoms with Crippen LogP contribution in [0.3, 0.4) is 0 Å². The van der Waals surface area contributed by atoms with E-state index >= 15 is 0 Å². The minimum absolute atomic E-state index is 0.0494. The Hall–Kier alpha value is -1.91. The van der Waals surface area contributed by atoms with Crippen LogP contribution in [0.15, 0.2) is 18.2 Å². The van der Waals surface area contributed by atoms with Gasteiger partial charge in [0.2, 0.25) is 6.29 Å². The van der Waals surface area contributed by atoms with E-state index < -0.39 is 43.3 Å². The number of esters is 1. The van der Waals surface area contributed by atoms with E-state index in [2.05, 4.69) is 0 Å². The Labute approximate surface area is 156 Å². The summed E-state index contributed by atoms with van der Waals surface area (Å²) in [5, 5.41) is 48.6. The van der Waals surface area contributed by atoms with Crippen molar-refractivity contribution in [3.05, 3.63) is 23.8 Å². The lowest BCUT2D eigenvalue weighted by molar-refractivity contribution is -0.277. The molecule has 27 heavy (non-hydrogen) atoms. The third-order valence-corrected chi connectivity index (χ3v) is 4.20. The summed E-state index contributed by atoms with van der Waals surface area (Å²) in [7, 11) is 0. The SMILES string of the molecule is CC(C)CCOC(=O)c1cc(O)ccc1O[C@@H]1O[C@H](CO)[C@@H](O)[C@H](O)[C@H]1O. The van der Waals surface area contributed by atoms with Crippen molar-refractivity contribution in [1.29, 1.82) is 0 Å². The van der Waals surface area contributed by atoms with Gasteiger partial charge in [0.05, 0.1) is 13.2 Å². The first-order valence-corrected chi connectivity index (χ1v) is 8.72. The Morgan fingerprint density at radius 2 is 1.89 bits per heavy atom. The third-order valence-electron chi connectivity index (χ3n) is 4.20. The quantitative estimate of drug-likeness (QED) is 0.401. The van der Waals surface area contributed by atoms with Gasteiger partial charge in [-0.05, 0) is 30.5 Å². The highest BCUT2D eigenvalue weighted by atomic mass is 16.7. The first-order valence-electron chi connectivity index (χ1n) is 8.72. The summed E-state index contributed by atoms with van der Waals surface area (Å²) < 4.78 is 15.9. The molecule has 1 aliphatic rings. The number of ether oxygens (including phenoxy) is 3. The number of aromatic hydroxyl groups is 1. The van der Waals surface area contributed by atoms with Gasteiger partial charge in [0, 0.05) is 0 Å². The lowest BCUT2D eigenvalue weighted by Gasteiger charge is -2.39. The molecule has 1 aliphatic heterocycles. The summed E-state index contributed by atoms with van der Waals surface area (Å²) in [5.74, 6) is -0.628. The standard InChI is InChI=1S/C18H26O9/c1-9(2)5-6-25-17(24)11-7-10(20)3-4-12(11)26-18-16(23)15(22)14(21)13(8-19)27-18/h3-4,7,9,13-16,18-23H,5-6,8H2,1-2H3/t13-,14-,15+,16-,18-/m1/s1. The zero-order valence-electron chi connectivity index (χ0n) is 15.2. The fourth-order valence-electron chi connectivity index (χ4n) is 2.54. The first kappa shape index (κ1) is 21.4. The van der Waals surface area contributed by atoms with E-state index in [1.807, 2.05) is 13.8 Å². The van der Waals surface area contributed by atoms with Gasteiger partial charge in [-0.15, -0.1) is 0 Å². The van der Waals surface area contributed by atoms with E-state index in [4.69, 9.17) is 14.2 Å². The van der Waals surface area contributed by atoms with Crippen LogP contribution in [0.2, 0.25) is 0 Å². The number of aliphatic hydroxyl groups excluding tert-OH is 4. The van der Waals surface area contributed by atoms with Crippen LogP contribution in [0.25, 0.3) is 0 Å². The predicted octanol–water partition coefficient (Wildman–Crippen LogP) is -0.226. The molecule has 0 aromatic heterocycles. The molecular weight excluding hydrogens is 360 g/mol. The zero-order valence-corrected chi connectivity index (χ0v) is 15.2. The molecule has 152 valence electrons. The second-order valence-electron chi connectivity index (χ2n) is 6.81. The molecule has 1 heterocycles. The monoisotopic (exact) mass is 386 g/mol. The van der Waals surface area contributed by atoms with Gasteiger partial charge in [-0.1, -0.05) is 13.8 Å². The van der Waals surface area contributed by atoms with Gasteiger partial charge in [0.15, 0.2) is 0 Å². The molecule has 0 spiro atoms. The molecule has 0 radical (unpaired) electrons. The minimum Gasteiger partial charge on any atom is -0.508 e. The van der Waals surface area contributed by atoms with E-state index in [0.717, 1.165) is 6.07 Å². The van der Waals surface area contributed by atoms with Crippen LogP contribution in [0, 0.1) is 5.92 Å². The molecule has 9 nitrogen and oxygen atoms in total. The number of aliphatic hydroxyl groups is 4. The van der Waals surface area contributed by atoms with Crippen molar-refractivity contribution in [1.82, 2.24) is 0 Å². The molecule has 1 saturated heterocycles. The maximum Gasteiger partial charge on any atom is 0.342 e. The normalized spacial score (nSPS) is 28.2. The second kappa shape index (κ2) is 9.34. The van der Waals surface area contributed by atoms with Crippen molar-refractivity contribution in [2.75, 3.05) is 13.2 Å². The number of rotatable bonds is 7. The van der Waals surface area contributed by atoms with Gasteiger partial charge in [-0.25, -0.2) is 4.79 Å². The van der Waals surface area contributed by atoms with Crippen molar-refractivity contribution in [3.8, 4) is 11.5 Å². The molecule has 9 heteroatoms. The lowest BCUT2D eigenvalue weighted by atomic mass is 9.99. The summed E-state index contributed by atoms with van der Waals surface area (Å²) in [4.78, 5) is 12.3. The number of hydrogen-bond acceptors (Lipinski definition) is 9. The predicted molar refractivity (Wildman–Crippen MR) is 92.2 cm³/mol. The Bertz CT molecular complexity index is 631. The maximum absolute atomic E-state index is 12.3. The number of hydrogen-bond donors (Lipinski definition) is 5. The van der Waals surface area contributed by atoms with Gasteiger partial charge >= 0.3 is 5.97 Å². The first-order chi connectivity index (χ1) is 12.7. The van der Waals surface area contributed by atoms with Crippen molar-refractivity contribution >= 4 is 5.97 Å². The Balaban J connectivity index is 2.17. The van der Waals surface area contributed by atoms with E-state index in [1.165, 1.54) is 12.1 Å². The highest BCUT2D eigenvalue weighted by molar-refractivity contribution is 5.93. The Morgan fingerprint density at radius 1 is 1.19 bits per heavy atom. The molecule has 5 atom stereocenters. The molecule has 1 aromatic carbocycles. The van der Waals surface area contributed by atoms with Crippen LogP contribution >= 0.6 is 0 Å². The van der Waals surface area contributed by atoms with Crippen molar-refractivity contribution < 1.29 is 44.5 Å². The van der Waals surface area contributed by atoms with Crippen LogP contribution in [0.5, 0.6) is 11.5 Å². The van der Waals surface area contributed by atoms with Crippen LogP contribution in [0.4, 0.5) is 0 Å². The Kier molecular flexibility index (Phi) is 7.40. The molecule has 0 saturated carbocycles. The number of carbonyl (C=O) groups excluding carboxylic acids is 1. The van der Waals surface area contributed by atoms with E-state index in [0.29, 0.717) is 12.3 Å². The smallest absolute Gasteiger partial charge is 0.342 e. The minimum atomic E-state index is -1.62. The van der Waals surface area contributed by atoms with Gasteiger partial charge in [-0.2, -0.15) is 0 Å². The van der Waals surface area contributed by atoms with Gasteiger partial charge in [0.1, 0.15) is 41.5 Å². The highest BCUT2D eigenvalue weighted by Gasteiger charge is 2.45.